The van der Waals surface area contributed by atoms with Gasteiger partial charge in [0.2, 0.25) is 0 Å². The first-order chi connectivity index (χ1) is 9.28. The average molecular weight is 297 g/mol. The van der Waals surface area contributed by atoms with Crippen molar-refractivity contribution in [3.63, 3.8) is 0 Å². The number of carbonyl (C=O) groups excluding carboxylic acids is 1. The number of nitrogens with zero attached hydrogens (tertiary/aromatic N) is 1. The first kappa shape index (κ1) is 15.1. The summed E-state index contributed by atoms with van der Waals surface area (Å²) in [6.45, 7) is 3.92. The summed E-state index contributed by atoms with van der Waals surface area (Å²) in [7, 11) is 1.62. The summed E-state index contributed by atoms with van der Waals surface area (Å²) < 4.78 is 5.18. The van der Waals surface area contributed by atoms with Crippen molar-refractivity contribution in [1.29, 1.82) is 0 Å². The second kappa shape index (κ2) is 6.46. The summed E-state index contributed by atoms with van der Waals surface area (Å²) >= 11 is 0. The Kier molecular flexibility index (Phi) is 4.89. The van der Waals surface area contributed by atoms with E-state index in [1.54, 1.807) is 7.11 Å². The molecule has 2 atom stereocenters. The summed E-state index contributed by atoms with van der Waals surface area (Å²) in [6.07, 6.45) is 1.12. The molecule has 0 aromatic heterocycles. The molecule has 0 bridgehead atoms. The summed E-state index contributed by atoms with van der Waals surface area (Å²) in [6, 6.07) is 7.42. The molecule has 2 unspecified atom stereocenters. The van der Waals surface area contributed by atoms with Crippen molar-refractivity contribution < 1.29 is 9.53 Å². The number of methoxy groups -OCH3 is 1. The van der Waals surface area contributed by atoms with E-state index in [9.17, 15) is 4.79 Å². The van der Waals surface area contributed by atoms with Crippen LogP contribution in [0, 0.1) is 11.8 Å². The van der Waals surface area contributed by atoms with Crippen LogP contribution in [0.25, 0.3) is 0 Å². The molecule has 4 nitrogen and oxygen atoms in total. The molecule has 0 radical (unpaired) electrons. The van der Waals surface area contributed by atoms with Crippen LogP contribution in [-0.4, -0.2) is 44.1 Å². The molecular weight excluding hydrogens is 276 g/mol. The fraction of sp³-hybridized carbons (Fsp3) is 0.533. The van der Waals surface area contributed by atoms with Gasteiger partial charge in [-0.05, 0) is 49.5 Å². The Hall–Kier alpha value is -1.26. The molecule has 0 aliphatic carbocycles. The second-order valence-corrected chi connectivity index (χ2v) is 5.45. The molecule has 1 aromatic rings. The first-order valence-corrected chi connectivity index (χ1v) is 6.92. The van der Waals surface area contributed by atoms with Crippen molar-refractivity contribution in [3.8, 4) is 5.75 Å². The van der Waals surface area contributed by atoms with Gasteiger partial charge in [0.05, 0.1) is 7.11 Å². The largest absolute Gasteiger partial charge is 0.497 e. The maximum absolute atomic E-state index is 12.5. The van der Waals surface area contributed by atoms with Crippen molar-refractivity contribution in [2.75, 3.05) is 33.3 Å². The number of benzene rings is 1. The third-order valence-electron chi connectivity index (χ3n) is 4.31. The highest BCUT2D eigenvalue weighted by molar-refractivity contribution is 5.94. The zero-order valence-electron chi connectivity index (χ0n) is 11.7. The maximum Gasteiger partial charge on any atom is 0.253 e. The molecule has 0 saturated carbocycles. The Morgan fingerprint density at radius 1 is 1.35 bits per heavy atom. The van der Waals surface area contributed by atoms with Gasteiger partial charge in [0.25, 0.3) is 5.91 Å². The van der Waals surface area contributed by atoms with Crippen molar-refractivity contribution in [2.45, 2.75) is 6.42 Å². The fourth-order valence-electron chi connectivity index (χ4n) is 3.16. The molecule has 2 aliphatic rings. The molecule has 1 N–H and O–H groups in total. The SMILES string of the molecule is COc1cccc(C(=O)N2CCC3CNCC3C2)c1.Cl. The van der Waals surface area contributed by atoms with Crippen LogP contribution < -0.4 is 10.1 Å². The molecule has 2 heterocycles. The lowest BCUT2D eigenvalue weighted by atomic mass is 9.88. The van der Waals surface area contributed by atoms with Crippen molar-refractivity contribution in [2.24, 2.45) is 11.8 Å². The number of ether oxygens (including phenoxy) is 1. The van der Waals surface area contributed by atoms with Crippen LogP contribution in [0.1, 0.15) is 16.8 Å². The van der Waals surface area contributed by atoms with E-state index in [1.165, 1.54) is 0 Å². The number of piperidine rings is 1. The number of fused-ring (bicyclic) bond motifs is 1. The highest BCUT2D eigenvalue weighted by Crippen LogP contribution is 2.27. The number of rotatable bonds is 2. The quantitative estimate of drug-likeness (QED) is 0.905. The number of carbonyl (C=O) groups is 1. The monoisotopic (exact) mass is 296 g/mol. The van der Waals surface area contributed by atoms with Gasteiger partial charge in [-0.1, -0.05) is 6.07 Å². The van der Waals surface area contributed by atoms with E-state index >= 15 is 0 Å². The second-order valence-electron chi connectivity index (χ2n) is 5.45. The predicted octanol–water partition coefficient (Wildman–Crippen LogP) is 1.80. The van der Waals surface area contributed by atoms with Gasteiger partial charge in [0.15, 0.2) is 0 Å². The van der Waals surface area contributed by atoms with E-state index < -0.39 is 0 Å². The standard InChI is InChI=1S/C15H20N2O2.ClH/c1-19-14-4-2-3-11(7-14)15(18)17-6-5-12-8-16-9-13(12)10-17;/h2-4,7,12-13,16H,5-6,8-10H2,1H3;1H. The molecule has 3 rings (SSSR count). The number of halogens is 1. The number of hydrogen-bond acceptors (Lipinski definition) is 3. The van der Waals surface area contributed by atoms with Crippen LogP contribution >= 0.6 is 12.4 Å². The van der Waals surface area contributed by atoms with Crippen LogP contribution in [-0.2, 0) is 0 Å². The van der Waals surface area contributed by atoms with Gasteiger partial charge in [0, 0.05) is 18.7 Å². The molecule has 2 fully saturated rings. The lowest BCUT2D eigenvalue weighted by Gasteiger charge is -2.34. The number of likely N-dealkylation sites (tertiary alicyclic amines) is 1. The molecule has 5 heteroatoms. The van der Waals surface area contributed by atoms with Crippen molar-refractivity contribution >= 4 is 18.3 Å². The Morgan fingerprint density at radius 2 is 2.15 bits per heavy atom. The zero-order chi connectivity index (χ0) is 13.2. The molecule has 0 spiro atoms. The molecule has 2 saturated heterocycles. The predicted molar refractivity (Wildman–Crippen MR) is 80.6 cm³/mol. The minimum atomic E-state index is 0. The molecule has 20 heavy (non-hydrogen) atoms. The molecule has 1 aromatic carbocycles. The average Bonchev–Trinajstić information content (AvgIpc) is 2.94. The van der Waals surface area contributed by atoms with Crippen molar-refractivity contribution in [1.82, 2.24) is 10.2 Å². The molecule has 110 valence electrons. The van der Waals surface area contributed by atoms with Gasteiger partial charge in [0.1, 0.15) is 5.75 Å². The minimum Gasteiger partial charge on any atom is -0.497 e. The van der Waals surface area contributed by atoms with E-state index in [0.717, 1.165) is 49.8 Å². The van der Waals surface area contributed by atoms with E-state index in [2.05, 4.69) is 5.32 Å². The summed E-state index contributed by atoms with van der Waals surface area (Å²) in [5, 5.41) is 3.42. The van der Waals surface area contributed by atoms with Crippen LogP contribution in [0.5, 0.6) is 5.75 Å². The van der Waals surface area contributed by atoms with Gasteiger partial charge in [-0.15, -0.1) is 12.4 Å². The normalized spacial score (nSPS) is 24.8. The van der Waals surface area contributed by atoms with Crippen LogP contribution in [0.3, 0.4) is 0 Å². The van der Waals surface area contributed by atoms with Crippen LogP contribution in [0.2, 0.25) is 0 Å². The molecule has 1 amide bonds. The van der Waals surface area contributed by atoms with Gasteiger partial charge >= 0.3 is 0 Å². The third kappa shape index (κ3) is 2.91. The zero-order valence-corrected chi connectivity index (χ0v) is 12.5. The third-order valence-corrected chi connectivity index (χ3v) is 4.31. The molecule has 2 aliphatic heterocycles. The minimum absolute atomic E-state index is 0. The Bertz CT molecular complexity index is 481. The maximum atomic E-state index is 12.5. The van der Waals surface area contributed by atoms with E-state index in [-0.39, 0.29) is 18.3 Å². The van der Waals surface area contributed by atoms with E-state index in [4.69, 9.17) is 4.74 Å². The van der Waals surface area contributed by atoms with Crippen LogP contribution in [0.15, 0.2) is 24.3 Å². The number of nitrogens with one attached hydrogen (secondary N) is 1. The van der Waals surface area contributed by atoms with E-state index in [0.29, 0.717) is 5.92 Å². The summed E-state index contributed by atoms with van der Waals surface area (Å²) in [5.41, 5.74) is 0.726. The highest BCUT2D eigenvalue weighted by Gasteiger charge is 2.34. The van der Waals surface area contributed by atoms with Crippen molar-refractivity contribution in [3.05, 3.63) is 29.8 Å². The lowest BCUT2D eigenvalue weighted by molar-refractivity contribution is 0.0642. The van der Waals surface area contributed by atoms with Gasteiger partial charge in [-0.2, -0.15) is 0 Å². The van der Waals surface area contributed by atoms with E-state index in [1.807, 2.05) is 29.2 Å². The Balaban J connectivity index is 0.00000147. The molecular formula is C15H21ClN2O2. The Morgan fingerprint density at radius 3 is 2.95 bits per heavy atom. The topological polar surface area (TPSA) is 41.6 Å². The Labute approximate surface area is 125 Å². The van der Waals surface area contributed by atoms with Crippen LogP contribution in [0.4, 0.5) is 0 Å². The van der Waals surface area contributed by atoms with Gasteiger partial charge in [-0.25, -0.2) is 0 Å². The van der Waals surface area contributed by atoms with Gasteiger partial charge in [-0.3, -0.25) is 4.79 Å². The summed E-state index contributed by atoms with van der Waals surface area (Å²) in [5.74, 6) is 2.25. The fourth-order valence-corrected chi connectivity index (χ4v) is 3.16. The van der Waals surface area contributed by atoms with Gasteiger partial charge < -0.3 is 15.0 Å². The summed E-state index contributed by atoms with van der Waals surface area (Å²) in [4.78, 5) is 14.5. The first-order valence-electron chi connectivity index (χ1n) is 6.92. The number of amides is 1. The smallest absolute Gasteiger partial charge is 0.253 e. The number of hydrogen-bond donors (Lipinski definition) is 1. The highest BCUT2D eigenvalue weighted by atomic mass is 35.5. The lowest BCUT2D eigenvalue weighted by Crippen LogP contribution is -2.43.